The minimum absolute atomic E-state index is 0.184. The fourth-order valence-electron chi connectivity index (χ4n) is 1.62. The molecule has 0 aromatic heterocycles. The Bertz CT molecular complexity index is 490. The quantitative estimate of drug-likeness (QED) is 0.777. The summed E-state index contributed by atoms with van der Waals surface area (Å²) < 4.78 is 0. The average molecular weight is 244 g/mol. The van der Waals surface area contributed by atoms with Crippen LogP contribution in [0.1, 0.15) is 10.4 Å². The summed E-state index contributed by atoms with van der Waals surface area (Å²) >= 11 is 0. The Balaban J connectivity index is 1.81. The molecule has 1 aliphatic rings. The van der Waals surface area contributed by atoms with E-state index in [0.29, 0.717) is 5.56 Å². The lowest BCUT2D eigenvalue weighted by Gasteiger charge is -2.13. The minimum atomic E-state index is -0.339. The van der Waals surface area contributed by atoms with Crippen molar-refractivity contribution < 1.29 is 14.4 Å². The average Bonchev–Trinajstić information content (AvgIpc) is 2.71. The van der Waals surface area contributed by atoms with E-state index in [1.54, 1.807) is 24.3 Å². The van der Waals surface area contributed by atoms with Crippen molar-refractivity contribution in [3.8, 4) is 0 Å². The Morgan fingerprint density at radius 2 is 1.67 bits per heavy atom. The lowest BCUT2D eigenvalue weighted by molar-refractivity contribution is -0.136. The van der Waals surface area contributed by atoms with E-state index in [-0.39, 0.29) is 30.8 Å². The molecule has 0 bridgehead atoms. The maximum absolute atomic E-state index is 11.7. The largest absolute Gasteiger partial charge is 0.350 e. The SMILES string of the molecule is O=C(NCCN1C(=O)C=CC1=O)c1ccccc1. The predicted octanol–water partition coefficient (Wildman–Crippen LogP) is 0.341. The zero-order chi connectivity index (χ0) is 13.0. The van der Waals surface area contributed by atoms with Crippen LogP contribution in [0.25, 0.3) is 0 Å². The van der Waals surface area contributed by atoms with Crippen molar-refractivity contribution in [2.24, 2.45) is 0 Å². The van der Waals surface area contributed by atoms with E-state index in [2.05, 4.69) is 5.32 Å². The Morgan fingerprint density at radius 1 is 1.06 bits per heavy atom. The number of amides is 3. The van der Waals surface area contributed by atoms with Crippen LogP contribution >= 0.6 is 0 Å². The predicted molar refractivity (Wildman–Crippen MR) is 64.6 cm³/mol. The van der Waals surface area contributed by atoms with Gasteiger partial charge < -0.3 is 5.32 Å². The summed E-state index contributed by atoms with van der Waals surface area (Å²) in [6.07, 6.45) is 2.45. The molecule has 2 rings (SSSR count). The molecule has 0 atom stereocenters. The standard InChI is InChI=1S/C13H12N2O3/c16-11-6-7-12(17)15(11)9-8-14-13(18)10-4-2-1-3-5-10/h1-7H,8-9H2,(H,14,18). The Morgan fingerprint density at radius 3 is 2.28 bits per heavy atom. The molecule has 0 saturated carbocycles. The van der Waals surface area contributed by atoms with Gasteiger partial charge in [-0.2, -0.15) is 0 Å². The summed E-state index contributed by atoms with van der Waals surface area (Å²) in [6, 6.07) is 8.76. The van der Waals surface area contributed by atoms with E-state index in [1.807, 2.05) is 6.07 Å². The highest BCUT2D eigenvalue weighted by atomic mass is 16.2. The Hall–Kier alpha value is -2.43. The molecule has 3 amide bonds. The third-order valence-corrected chi connectivity index (χ3v) is 2.56. The molecule has 5 heteroatoms. The first-order chi connectivity index (χ1) is 8.68. The number of nitrogens with one attached hydrogen (secondary N) is 1. The van der Waals surface area contributed by atoms with Crippen molar-refractivity contribution in [3.63, 3.8) is 0 Å². The molecule has 1 aromatic rings. The number of carbonyl (C=O) groups excluding carboxylic acids is 3. The lowest BCUT2D eigenvalue weighted by Crippen LogP contribution is -2.38. The number of nitrogens with zero attached hydrogens (tertiary/aromatic N) is 1. The van der Waals surface area contributed by atoms with E-state index in [9.17, 15) is 14.4 Å². The summed E-state index contributed by atoms with van der Waals surface area (Å²) in [5.74, 6) is -0.898. The van der Waals surface area contributed by atoms with E-state index < -0.39 is 0 Å². The van der Waals surface area contributed by atoms with Crippen LogP contribution < -0.4 is 5.32 Å². The number of imide groups is 1. The highest BCUT2D eigenvalue weighted by Crippen LogP contribution is 2.02. The number of hydrogen-bond acceptors (Lipinski definition) is 3. The van der Waals surface area contributed by atoms with Gasteiger partial charge in [0.2, 0.25) is 0 Å². The van der Waals surface area contributed by atoms with Gasteiger partial charge in [0, 0.05) is 30.8 Å². The summed E-state index contributed by atoms with van der Waals surface area (Å²) in [4.78, 5) is 35.2. The molecule has 0 fully saturated rings. The van der Waals surface area contributed by atoms with Crippen molar-refractivity contribution in [3.05, 3.63) is 48.0 Å². The van der Waals surface area contributed by atoms with Crippen molar-refractivity contribution in [1.82, 2.24) is 10.2 Å². The smallest absolute Gasteiger partial charge is 0.253 e. The van der Waals surface area contributed by atoms with Crippen molar-refractivity contribution in [2.45, 2.75) is 0 Å². The van der Waals surface area contributed by atoms with Crippen molar-refractivity contribution >= 4 is 17.7 Å². The summed E-state index contributed by atoms with van der Waals surface area (Å²) in [6.45, 7) is 0.427. The molecular formula is C13H12N2O3. The summed E-state index contributed by atoms with van der Waals surface area (Å²) in [5, 5.41) is 2.65. The molecule has 0 aliphatic carbocycles. The van der Waals surface area contributed by atoms with Crippen LogP contribution in [-0.4, -0.2) is 35.7 Å². The number of rotatable bonds is 4. The van der Waals surface area contributed by atoms with Gasteiger partial charge in [0.25, 0.3) is 17.7 Å². The van der Waals surface area contributed by atoms with Crippen LogP contribution in [0, 0.1) is 0 Å². The fraction of sp³-hybridized carbons (Fsp3) is 0.154. The first kappa shape index (κ1) is 12.0. The maximum atomic E-state index is 11.7. The van der Waals surface area contributed by atoms with Gasteiger partial charge in [-0.3, -0.25) is 19.3 Å². The normalized spacial score (nSPS) is 14.1. The van der Waals surface area contributed by atoms with Gasteiger partial charge in [-0.15, -0.1) is 0 Å². The minimum Gasteiger partial charge on any atom is -0.350 e. The van der Waals surface area contributed by atoms with E-state index >= 15 is 0 Å². The molecule has 92 valence electrons. The topological polar surface area (TPSA) is 66.5 Å². The van der Waals surface area contributed by atoms with Crippen LogP contribution in [0.4, 0.5) is 0 Å². The zero-order valence-electron chi connectivity index (χ0n) is 9.63. The van der Waals surface area contributed by atoms with E-state index in [4.69, 9.17) is 0 Å². The second-order valence-corrected chi connectivity index (χ2v) is 3.78. The second-order valence-electron chi connectivity index (χ2n) is 3.78. The number of hydrogen-bond donors (Lipinski definition) is 1. The monoisotopic (exact) mass is 244 g/mol. The molecular weight excluding hydrogens is 232 g/mol. The first-order valence-corrected chi connectivity index (χ1v) is 5.55. The van der Waals surface area contributed by atoms with Gasteiger partial charge in [-0.25, -0.2) is 0 Å². The zero-order valence-corrected chi connectivity index (χ0v) is 9.63. The molecule has 0 radical (unpaired) electrons. The number of carbonyl (C=O) groups is 3. The van der Waals surface area contributed by atoms with Crippen molar-refractivity contribution in [2.75, 3.05) is 13.1 Å². The van der Waals surface area contributed by atoms with Crippen LogP contribution in [0.2, 0.25) is 0 Å². The summed E-state index contributed by atoms with van der Waals surface area (Å²) in [5.41, 5.74) is 0.551. The van der Waals surface area contributed by atoms with E-state index in [0.717, 1.165) is 4.90 Å². The first-order valence-electron chi connectivity index (χ1n) is 5.55. The Labute approximate surface area is 104 Å². The molecule has 18 heavy (non-hydrogen) atoms. The third-order valence-electron chi connectivity index (χ3n) is 2.56. The van der Waals surface area contributed by atoms with Crippen LogP contribution in [-0.2, 0) is 9.59 Å². The van der Waals surface area contributed by atoms with Gasteiger partial charge in [-0.1, -0.05) is 18.2 Å². The molecule has 0 unspecified atom stereocenters. The van der Waals surface area contributed by atoms with Gasteiger partial charge >= 0.3 is 0 Å². The lowest BCUT2D eigenvalue weighted by atomic mass is 10.2. The van der Waals surface area contributed by atoms with Crippen molar-refractivity contribution in [1.29, 1.82) is 0 Å². The molecule has 1 aromatic carbocycles. The molecule has 5 nitrogen and oxygen atoms in total. The fourth-order valence-corrected chi connectivity index (χ4v) is 1.62. The van der Waals surface area contributed by atoms with Crippen LogP contribution in [0.15, 0.2) is 42.5 Å². The van der Waals surface area contributed by atoms with Gasteiger partial charge in [0.05, 0.1) is 0 Å². The second kappa shape index (κ2) is 5.27. The Kier molecular flexibility index (Phi) is 3.52. The summed E-state index contributed by atoms with van der Waals surface area (Å²) in [7, 11) is 0. The van der Waals surface area contributed by atoms with Crippen LogP contribution in [0.5, 0.6) is 0 Å². The third kappa shape index (κ3) is 2.63. The van der Waals surface area contributed by atoms with E-state index in [1.165, 1.54) is 12.2 Å². The molecule has 0 spiro atoms. The molecule has 1 heterocycles. The number of benzene rings is 1. The molecule has 0 saturated heterocycles. The molecule has 1 N–H and O–H groups in total. The van der Waals surface area contributed by atoms with Crippen LogP contribution in [0.3, 0.4) is 0 Å². The van der Waals surface area contributed by atoms with Gasteiger partial charge in [0.15, 0.2) is 0 Å². The highest BCUT2D eigenvalue weighted by molar-refractivity contribution is 6.12. The van der Waals surface area contributed by atoms with Gasteiger partial charge in [0.1, 0.15) is 0 Å². The van der Waals surface area contributed by atoms with Gasteiger partial charge in [-0.05, 0) is 12.1 Å². The highest BCUT2D eigenvalue weighted by Gasteiger charge is 2.22. The maximum Gasteiger partial charge on any atom is 0.253 e. The molecule has 1 aliphatic heterocycles.